The molecule has 1 atom stereocenters. The van der Waals surface area contributed by atoms with E-state index in [1.165, 1.54) is 17.7 Å². The van der Waals surface area contributed by atoms with E-state index in [0.29, 0.717) is 6.04 Å². The molecule has 1 N–H and O–H groups in total. The first kappa shape index (κ1) is 15.0. The monoisotopic (exact) mass is 329 g/mol. The average Bonchev–Trinajstić information content (AvgIpc) is 3.06. The van der Waals surface area contributed by atoms with Gasteiger partial charge >= 0.3 is 0 Å². The molecule has 1 saturated heterocycles. The Bertz CT molecular complexity index is 660. The maximum Gasteiger partial charge on any atom is 0.268 e. The van der Waals surface area contributed by atoms with Crippen molar-refractivity contribution in [1.29, 1.82) is 0 Å². The zero-order valence-electron chi connectivity index (χ0n) is 13.3. The number of likely N-dealkylation sites (tertiary alicyclic amines) is 1. The predicted octanol–water partition coefficient (Wildman–Crippen LogP) is 3.28. The molecule has 0 spiro atoms. The van der Waals surface area contributed by atoms with Crippen molar-refractivity contribution in [2.45, 2.75) is 44.3 Å². The van der Waals surface area contributed by atoms with Gasteiger partial charge in [-0.25, -0.2) is 0 Å². The normalized spacial score (nSPS) is 22.2. The van der Waals surface area contributed by atoms with Gasteiger partial charge in [0.25, 0.3) is 5.91 Å². The van der Waals surface area contributed by atoms with Crippen LogP contribution in [0.1, 0.15) is 47.1 Å². The van der Waals surface area contributed by atoms with Crippen LogP contribution in [-0.2, 0) is 6.54 Å². The molecule has 122 valence electrons. The molecular weight excluding hydrogens is 306 g/mol. The second kappa shape index (κ2) is 6.49. The SMILES string of the molecule is O=C(NC1CCCN(Cc2cccs2)C1)c1cccn1C1CC1. The van der Waals surface area contributed by atoms with Gasteiger partial charge in [0, 0.05) is 36.2 Å². The molecule has 1 aliphatic heterocycles. The highest BCUT2D eigenvalue weighted by molar-refractivity contribution is 7.09. The molecule has 2 aromatic heterocycles. The van der Waals surface area contributed by atoms with Crippen LogP contribution in [0.15, 0.2) is 35.8 Å². The van der Waals surface area contributed by atoms with Crippen LogP contribution < -0.4 is 5.32 Å². The summed E-state index contributed by atoms with van der Waals surface area (Å²) in [5.41, 5.74) is 0.822. The number of amides is 1. The number of thiophene rings is 1. The summed E-state index contributed by atoms with van der Waals surface area (Å²) in [6, 6.07) is 9.04. The van der Waals surface area contributed by atoms with Crippen LogP contribution in [-0.4, -0.2) is 34.5 Å². The minimum Gasteiger partial charge on any atom is -0.347 e. The Morgan fingerprint density at radius 1 is 1.26 bits per heavy atom. The summed E-state index contributed by atoms with van der Waals surface area (Å²) in [6.07, 6.45) is 6.67. The molecule has 4 rings (SSSR count). The fraction of sp³-hybridized carbons (Fsp3) is 0.500. The number of carbonyl (C=O) groups excluding carboxylic acids is 1. The molecule has 2 aliphatic rings. The Morgan fingerprint density at radius 2 is 2.17 bits per heavy atom. The smallest absolute Gasteiger partial charge is 0.268 e. The largest absolute Gasteiger partial charge is 0.347 e. The molecule has 3 heterocycles. The summed E-state index contributed by atoms with van der Waals surface area (Å²) in [6.45, 7) is 3.08. The fourth-order valence-corrected chi connectivity index (χ4v) is 4.20. The highest BCUT2D eigenvalue weighted by atomic mass is 32.1. The Balaban J connectivity index is 1.36. The summed E-state index contributed by atoms with van der Waals surface area (Å²) < 4.78 is 2.14. The first-order valence-electron chi connectivity index (χ1n) is 8.52. The van der Waals surface area contributed by atoms with Crippen LogP contribution in [0.25, 0.3) is 0 Å². The van der Waals surface area contributed by atoms with Crippen molar-refractivity contribution in [3.05, 3.63) is 46.4 Å². The van der Waals surface area contributed by atoms with Crippen molar-refractivity contribution < 1.29 is 4.79 Å². The van der Waals surface area contributed by atoms with Gasteiger partial charge < -0.3 is 9.88 Å². The predicted molar refractivity (Wildman–Crippen MR) is 92.8 cm³/mol. The Kier molecular flexibility index (Phi) is 4.23. The van der Waals surface area contributed by atoms with Gasteiger partial charge in [0.05, 0.1) is 0 Å². The second-order valence-corrected chi connectivity index (χ2v) is 7.69. The van der Waals surface area contributed by atoms with Crippen molar-refractivity contribution in [2.75, 3.05) is 13.1 Å². The number of carbonyl (C=O) groups is 1. The first-order chi connectivity index (χ1) is 11.3. The average molecular weight is 329 g/mol. The van der Waals surface area contributed by atoms with Crippen molar-refractivity contribution >= 4 is 17.2 Å². The highest BCUT2D eigenvalue weighted by Gasteiger charge is 2.28. The maximum atomic E-state index is 12.6. The zero-order valence-corrected chi connectivity index (χ0v) is 14.1. The molecule has 0 bridgehead atoms. The van der Waals surface area contributed by atoms with Gasteiger partial charge in [-0.3, -0.25) is 9.69 Å². The van der Waals surface area contributed by atoms with E-state index in [1.54, 1.807) is 0 Å². The number of hydrogen-bond acceptors (Lipinski definition) is 3. The van der Waals surface area contributed by atoms with Crippen molar-refractivity contribution in [3.8, 4) is 0 Å². The third kappa shape index (κ3) is 3.51. The van der Waals surface area contributed by atoms with Gasteiger partial charge in [-0.2, -0.15) is 0 Å². The van der Waals surface area contributed by atoms with Gasteiger partial charge in [-0.1, -0.05) is 6.07 Å². The molecule has 1 aliphatic carbocycles. The standard InChI is InChI=1S/C18H23N3OS/c22-18(17-6-2-10-21(17)15-7-8-15)19-14-4-1-9-20(12-14)13-16-5-3-11-23-16/h2-3,5-6,10-11,14-15H,1,4,7-9,12-13H2,(H,19,22). The summed E-state index contributed by atoms with van der Waals surface area (Å²) in [4.78, 5) is 16.5. The van der Waals surface area contributed by atoms with Gasteiger partial charge in [0.1, 0.15) is 5.69 Å². The molecule has 4 nitrogen and oxygen atoms in total. The van der Waals surface area contributed by atoms with Crippen LogP contribution in [0.3, 0.4) is 0 Å². The van der Waals surface area contributed by atoms with Gasteiger partial charge in [0.15, 0.2) is 0 Å². The Labute approximate surface area is 141 Å². The lowest BCUT2D eigenvalue weighted by atomic mass is 10.1. The second-order valence-electron chi connectivity index (χ2n) is 6.66. The molecule has 1 saturated carbocycles. The number of aromatic nitrogens is 1. The van der Waals surface area contributed by atoms with E-state index in [9.17, 15) is 4.79 Å². The minimum absolute atomic E-state index is 0.0878. The van der Waals surface area contributed by atoms with E-state index in [0.717, 1.165) is 38.2 Å². The molecule has 23 heavy (non-hydrogen) atoms. The zero-order chi connectivity index (χ0) is 15.6. The molecular formula is C18H23N3OS. The van der Waals surface area contributed by atoms with Gasteiger partial charge in [0.2, 0.25) is 0 Å². The maximum absolute atomic E-state index is 12.6. The van der Waals surface area contributed by atoms with Crippen molar-refractivity contribution in [3.63, 3.8) is 0 Å². The quantitative estimate of drug-likeness (QED) is 0.914. The third-order valence-corrected chi connectivity index (χ3v) is 5.61. The lowest BCUT2D eigenvalue weighted by Gasteiger charge is -2.32. The van der Waals surface area contributed by atoms with Crippen LogP contribution in [0, 0.1) is 0 Å². The summed E-state index contributed by atoms with van der Waals surface area (Å²) >= 11 is 1.81. The Hall–Kier alpha value is -1.59. The van der Waals surface area contributed by atoms with Gasteiger partial charge in [-0.05, 0) is 55.8 Å². The summed E-state index contributed by atoms with van der Waals surface area (Å²) in [7, 11) is 0. The highest BCUT2D eigenvalue weighted by Crippen LogP contribution is 2.36. The van der Waals surface area contributed by atoms with E-state index in [4.69, 9.17) is 0 Å². The Morgan fingerprint density at radius 3 is 2.96 bits per heavy atom. The summed E-state index contributed by atoms with van der Waals surface area (Å²) in [5.74, 6) is 0.0878. The lowest BCUT2D eigenvalue weighted by Crippen LogP contribution is -2.47. The van der Waals surface area contributed by atoms with E-state index in [-0.39, 0.29) is 11.9 Å². The molecule has 2 fully saturated rings. The topological polar surface area (TPSA) is 37.3 Å². The molecule has 1 amide bonds. The van der Waals surface area contributed by atoms with Crippen LogP contribution in [0.5, 0.6) is 0 Å². The number of piperidine rings is 1. The summed E-state index contributed by atoms with van der Waals surface area (Å²) in [5, 5.41) is 5.39. The number of nitrogens with one attached hydrogen (secondary N) is 1. The number of nitrogens with zero attached hydrogens (tertiary/aromatic N) is 2. The van der Waals surface area contributed by atoms with Crippen LogP contribution >= 0.6 is 11.3 Å². The van der Waals surface area contributed by atoms with Crippen LogP contribution in [0.2, 0.25) is 0 Å². The van der Waals surface area contributed by atoms with Crippen molar-refractivity contribution in [1.82, 2.24) is 14.8 Å². The molecule has 5 heteroatoms. The van der Waals surface area contributed by atoms with Crippen LogP contribution in [0.4, 0.5) is 0 Å². The van der Waals surface area contributed by atoms with E-state index >= 15 is 0 Å². The lowest BCUT2D eigenvalue weighted by molar-refractivity contribution is 0.0891. The number of rotatable bonds is 5. The van der Waals surface area contributed by atoms with E-state index in [1.807, 2.05) is 29.7 Å². The molecule has 0 radical (unpaired) electrons. The number of hydrogen-bond donors (Lipinski definition) is 1. The molecule has 2 aromatic rings. The third-order valence-electron chi connectivity index (χ3n) is 4.75. The molecule has 1 unspecified atom stereocenters. The first-order valence-corrected chi connectivity index (χ1v) is 9.40. The van der Waals surface area contributed by atoms with Gasteiger partial charge in [-0.15, -0.1) is 11.3 Å². The van der Waals surface area contributed by atoms with Crippen molar-refractivity contribution in [2.24, 2.45) is 0 Å². The minimum atomic E-state index is 0.0878. The van der Waals surface area contributed by atoms with E-state index in [2.05, 4.69) is 32.3 Å². The van der Waals surface area contributed by atoms with E-state index < -0.39 is 0 Å². The molecule has 0 aromatic carbocycles. The fourth-order valence-electron chi connectivity index (χ4n) is 3.46.